The summed E-state index contributed by atoms with van der Waals surface area (Å²) >= 11 is 0. The molecule has 1 unspecified atom stereocenters. The number of nitrogens with two attached hydrogens (primary N) is 1. The highest BCUT2D eigenvalue weighted by molar-refractivity contribution is 5.24. The smallest absolute Gasteiger partial charge is 0.123 e. The van der Waals surface area contributed by atoms with Gasteiger partial charge in [-0.3, -0.25) is 0 Å². The molecular weight excluding hydrogens is 243 g/mol. The second kappa shape index (κ2) is 6.98. The minimum Gasteiger partial charge on any atom is -0.381 e. The van der Waals surface area contributed by atoms with Crippen LogP contribution in [0.15, 0.2) is 18.2 Å². The number of benzene rings is 1. The second-order valence-corrected chi connectivity index (χ2v) is 5.45. The Bertz CT molecular complexity index is 405. The van der Waals surface area contributed by atoms with E-state index in [1.54, 1.807) is 6.07 Å². The van der Waals surface area contributed by atoms with Crippen molar-refractivity contribution < 1.29 is 9.13 Å². The van der Waals surface area contributed by atoms with Gasteiger partial charge in [-0.05, 0) is 49.1 Å². The van der Waals surface area contributed by atoms with Crippen molar-refractivity contribution in [1.82, 2.24) is 4.90 Å². The van der Waals surface area contributed by atoms with E-state index in [1.807, 2.05) is 6.07 Å². The van der Waals surface area contributed by atoms with E-state index in [0.29, 0.717) is 12.5 Å². The first-order chi connectivity index (χ1) is 9.17. The van der Waals surface area contributed by atoms with E-state index in [2.05, 4.69) is 11.9 Å². The van der Waals surface area contributed by atoms with Gasteiger partial charge in [-0.15, -0.1) is 0 Å². The maximum absolute atomic E-state index is 13.4. The number of hydrogen-bond acceptors (Lipinski definition) is 3. The topological polar surface area (TPSA) is 38.5 Å². The molecule has 0 aliphatic carbocycles. The van der Waals surface area contributed by atoms with Crippen LogP contribution in [-0.4, -0.2) is 31.7 Å². The average Bonchev–Trinajstić information content (AvgIpc) is 2.38. The minimum absolute atomic E-state index is 0.202. The molecular formula is C15H23FN2O. The molecule has 106 valence electrons. The van der Waals surface area contributed by atoms with Crippen LogP contribution in [0.5, 0.6) is 0 Å². The normalized spacial score (nSPS) is 19.9. The van der Waals surface area contributed by atoms with Crippen molar-refractivity contribution in [3.05, 3.63) is 35.1 Å². The Morgan fingerprint density at radius 2 is 2.16 bits per heavy atom. The molecule has 1 aromatic carbocycles. The molecule has 0 aromatic heterocycles. The van der Waals surface area contributed by atoms with Crippen LogP contribution in [0.4, 0.5) is 4.39 Å². The minimum atomic E-state index is -0.202. The van der Waals surface area contributed by atoms with E-state index >= 15 is 0 Å². The third-order valence-electron chi connectivity index (χ3n) is 3.53. The summed E-state index contributed by atoms with van der Waals surface area (Å²) < 4.78 is 18.9. The fourth-order valence-electron chi connectivity index (χ4n) is 2.69. The lowest BCUT2D eigenvalue weighted by atomic mass is 10.0. The molecule has 19 heavy (non-hydrogen) atoms. The van der Waals surface area contributed by atoms with Crippen LogP contribution >= 0.6 is 0 Å². The molecule has 1 fully saturated rings. The average molecular weight is 266 g/mol. The van der Waals surface area contributed by atoms with Crippen molar-refractivity contribution in [2.45, 2.75) is 25.9 Å². The number of nitrogens with zero attached hydrogens (tertiary/aromatic N) is 1. The van der Waals surface area contributed by atoms with Gasteiger partial charge in [-0.25, -0.2) is 4.39 Å². The summed E-state index contributed by atoms with van der Waals surface area (Å²) in [6.45, 7) is 3.87. The molecule has 0 amide bonds. The Morgan fingerprint density at radius 1 is 1.37 bits per heavy atom. The first-order valence-electron chi connectivity index (χ1n) is 6.92. The number of ether oxygens (including phenoxy) is 1. The van der Waals surface area contributed by atoms with Crippen LogP contribution in [0.2, 0.25) is 0 Å². The summed E-state index contributed by atoms with van der Waals surface area (Å²) in [4.78, 5) is 2.23. The van der Waals surface area contributed by atoms with E-state index in [1.165, 1.54) is 12.5 Å². The fraction of sp³-hybridized carbons (Fsp3) is 0.600. The molecule has 3 nitrogen and oxygen atoms in total. The molecule has 1 aliphatic heterocycles. The van der Waals surface area contributed by atoms with Crippen molar-refractivity contribution in [3.8, 4) is 0 Å². The largest absolute Gasteiger partial charge is 0.381 e. The van der Waals surface area contributed by atoms with Crippen LogP contribution in [0.3, 0.4) is 0 Å². The summed E-state index contributed by atoms with van der Waals surface area (Å²) in [6.07, 6.45) is 2.37. The molecule has 1 aromatic rings. The van der Waals surface area contributed by atoms with Gasteiger partial charge < -0.3 is 15.4 Å². The van der Waals surface area contributed by atoms with E-state index in [9.17, 15) is 4.39 Å². The van der Waals surface area contributed by atoms with Crippen LogP contribution in [0, 0.1) is 11.7 Å². The van der Waals surface area contributed by atoms with Gasteiger partial charge in [0.2, 0.25) is 0 Å². The maximum atomic E-state index is 13.4. The fourth-order valence-corrected chi connectivity index (χ4v) is 2.69. The highest BCUT2D eigenvalue weighted by Crippen LogP contribution is 2.16. The lowest BCUT2D eigenvalue weighted by Gasteiger charge is -2.27. The first kappa shape index (κ1) is 14.4. The van der Waals surface area contributed by atoms with E-state index < -0.39 is 0 Å². The van der Waals surface area contributed by atoms with Crippen LogP contribution in [-0.2, 0) is 17.8 Å². The van der Waals surface area contributed by atoms with Gasteiger partial charge in [0.05, 0.1) is 6.61 Å². The van der Waals surface area contributed by atoms with E-state index in [-0.39, 0.29) is 5.82 Å². The monoisotopic (exact) mass is 266 g/mol. The Kier molecular flexibility index (Phi) is 5.31. The van der Waals surface area contributed by atoms with E-state index in [4.69, 9.17) is 10.5 Å². The Balaban J connectivity index is 1.90. The zero-order valence-corrected chi connectivity index (χ0v) is 11.6. The van der Waals surface area contributed by atoms with Gasteiger partial charge in [-0.2, -0.15) is 0 Å². The van der Waals surface area contributed by atoms with Gasteiger partial charge in [0.25, 0.3) is 0 Å². The summed E-state index contributed by atoms with van der Waals surface area (Å²) in [6, 6.07) is 5.07. The molecule has 1 atom stereocenters. The Hall–Kier alpha value is -0.970. The molecule has 2 rings (SSSR count). The molecule has 4 heteroatoms. The van der Waals surface area contributed by atoms with Gasteiger partial charge >= 0.3 is 0 Å². The van der Waals surface area contributed by atoms with Gasteiger partial charge in [0.1, 0.15) is 5.82 Å². The summed E-state index contributed by atoms with van der Waals surface area (Å²) in [5.41, 5.74) is 7.41. The highest BCUT2D eigenvalue weighted by atomic mass is 19.1. The number of halogens is 1. The predicted molar refractivity (Wildman–Crippen MR) is 74.2 cm³/mol. The van der Waals surface area contributed by atoms with Crippen molar-refractivity contribution >= 4 is 0 Å². The SMILES string of the molecule is CN(Cc1cc(F)cc(CN)c1)CC1CCCOC1. The molecule has 1 saturated heterocycles. The molecule has 2 N–H and O–H groups in total. The first-order valence-corrected chi connectivity index (χ1v) is 6.92. The molecule has 0 saturated carbocycles. The molecule has 0 spiro atoms. The van der Waals surface area contributed by atoms with Crippen molar-refractivity contribution in [2.75, 3.05) is 26.8 Å². The van der Waals surface area contributed by atoms with Gasteiger partial charge in [-0.1, -0.05) is 6.07 Å². The quantitative estimate of drug-likeness (QED) is 0.887. The third-order valence-corrected chi connectivity index (χ3v) is 3.53. The summed E-state index contributed by atoms with van der Waals surface area (Å²) in [7, 11) is 2.07. The molecule has 0 bridgehead atoms. The number of hydrogen-bond donors (Lipinski definition) is 1. The standard InChI is InChI=1S/C15H23FN2O/c1-18(9-12-3-2-4-19-11-12)10-14-5-13(8-17)6-15(16)7-14/h5-7,12H,2-4,8-11,17H2,1H3. The van der Waals surface area contributed by atoms with Crippen LogP contribution < -0.4 is 5.73 Å². The zero-order valence-electron chi connectivity index (χ0n) is 11.6. The number of rotatable bonds is 5. The third kappa shape index (κ3) is 4.56. The van der Waals surface area contributed by atoms with Gasteiger partial charge in [0.15, 0.2) is 0 Å². The molecule has 1 aliphatic rings. The van der Waals surface area contributed by atoms with Gasteiger partial charge in [0, 0.05) is 26.2 Å². The lowest BCUT2D eigenvalue weighted by Crippen LogP contribution is -2.30. The van der Waals surface area contributed by atoms with Crippen molar-refractivity contribution in [3.63, 3.8) is 0 Å². The van der Waals surface area contributed by atoms with Crippen LogP contribution in [0.25, 0.3) is 0 Å². The van der Waals surface area contributed by atoms with Crippen molar-refractivity contribution in [1.29, 1.82) is 0 Å². The Morgan fingerprint density at radius 3 is 2.84 bits per heavy atom. The second-order valence-electron chi connectivity index (χ2n) is 5.45. The van der Waals surface area contributed by atoms with Crippen molar-refractivity contribution in [2.24, 2.45) is 11.7 Å². The maximum Gasteiger partial charge on any atom is 0.123 e. The molecule has 1 heterocycles. The van der Waals surface area contributed by atoms with E-state index in [0.717, 1.165) is 43.9 Å². The summed E-state index contributed by atoms with van der Waals surface area (Å²) in [5, 5.41) is 0. The van der Waals surface area contributed by atoms with Crippen LogP contribution in [0.1, 0.15) is 24.0 Å². The summed E-state index contributed by atoms with van der Waals surface area (Å²) in [5.74, 6) is 0.397. The predicted octanol–water partition coefficient (Wildman–Crippen LogP) is 2.14. The highest BCUT2D eigenvalue weighted by Gasteiger charge is 2.16. The molecule has 0 radical (unpaired) electrons. The Labute approximate surface area is 114 Å². The lowest BCUT2D eigenvalue weighted by molar-refractivity contribution is 0.0411. The zero-order chi connectivity index (χ0) is 13.7.